The Morgan fingerprint density at radius 2 is 1.28 bits per heavy atom. The molecule has 0 bridgehead atoms. The van der Waals surface area contributed by atoms with Crippen molar-refractivity contribution in [1.82, 2.24) is 0 Å². The van der Waals surface area contributed by atoms with Crippen molar-refractivity contribution in [3.8, 4) is 0 Å². The Morgan fingerprint density at radius 1 is 0.690 bits per heavy atom. The highest BCUT2D eigenvalue weighted by Gasteiger charge is 2.14. The molecule has 3 aromatic rings. The molecule has 0 aromatic heterocycles. The van der Waals surface area contributed by atoms with Gasteiger partial charge in [-0.15, -0.1) is 0 Å². The summed E-state index contributed by atoms with van der Waals surface area (Å²) in [5, 5.41) is 8.40. The summed E-state index contributed by atoms with van der Waals surface area (Å²) in [6.07, 6.45) is 0. The number of anilines is 3. The minimum atomic E-state index is -0.587. The maximum absolute atomic E-state index is 12.6. The zero-order valence-corrected chi connectivity index (χ0v) is 15.5. The number of nitrogens with two attached hydrogens (primary N) is 1. The minimum absolute atomic E-state index is 0.0983. The molecule has 3 amide bonds. The van der Waals surface area contributed by atoms with Crippen molar-refractivity contribution < 1.29 is 14.4 Å². The normalized spacial score (nSPS) is 10.1. The number of para-hydroxylation sites is 3. The maximum Gasteiger partial charge on any atom is 0.257 e. The number of benzene rings is 3. The highest BCUT2D eigenvalue weighted by Crippen LogP contribution is 2.18. The van der Waals surface area contributed by atoms with Crippen LogP contribution in [0.25, 0.3) is 0 Å². The number of carbonyl (C=O) groups is 3. The first-order chi connectivity index (χ1) is 14.0. The summed E-state index contributed by atoms with van der Waals surface area (Å²) in [5.41, 5.74) is 7.47. The van der Waals surface area contributed by atoms with Gasteiger partial charge in [0.1, 0.15) is 0 Å². The van der Waals surface area contributed by atoms with E-state index in [-0.39, 0.29) is 18.4 Å². The lowest BCUT2D eigenvalue weighted by atomic mass is 10.1. The molecule has 3 aromatic carbocycles. The van der Waals surface area contributed by atoms with Gasteiger partial charge in [-0.2, -0.15) is 0 Å². The third-order valence-electron chi connectivity index (χ3n) is 4.11. The van der Waals surface area contributed by atoms with Gasteiger partial charge >= 0.3 is 0 Å². The lowest BCUT2D eigenvalue weighted by Gasteiger charge is -2.13. The van der Waals surface area contributed by atoms with Crippen molar-refractivity contribution >= 4 is 34.8 Å². The van der Waals surface area contributed by atoms with Crippen molar-refractivity contribution in [3.05, 3.63) is 90.0 Å². The number of primary amides is 1. The minimum Gasteiger partial charge on any atom is -0.376 e. The molecule has 0 saturated carbocycles. The summed E-state index contributed by atoms with van der Waals surface area (Å²) in [7, 11) is 0. The number of carbonyl (C=O) groups excluding carboxylic acids is 3. The van der Waals surface area contributed by atoms with E-state index in [1.54, 1.807) is 60.7 Å². The molecule has 0 atom stereocenters. The summed E-state index contributed by atoms with van der Waals surface area (Å²) in [5.74, 6) is -1.29. The van der Waals surface area contributed by atoms with E-state index in [1.165, 1.54) is 0 Å². The summed E-state index contributed by atoms with van der Waals surface area (Å²) < 4.78 is 0. The smallest absolute Gasteiger partial charge is 0.257 e. The van der Waals surface area contributed by atoms with E-state index in [9.17, 15) is 14.4 Å². The zero-order chi connectivity index (χ0) is 20.6. The summed E-state index contributed by atoms with van der Waals surface area (Å²) in [6, 6.07) is 22.4. The predicted octanol–water partition coefficient (Wildman–Crippen LogP) is 3.09. The molecule has 0 fully saturated rings. The van der Waals surface area contributed by atoms with Crippen molar-refractivity contribution in [1.29, 1.82) is 0 Å². The molecular weight excluding hydrogens is 368 g/mol. The molecule has 3 rings (SSSR count). The van der Waals surface area contributed by atoms with Crippen LogP contribution in [0.2, 0.25) is 0 Å². The van der Waals surface area contributed by atoms with E-state index in [0.717, 1.165) is 0 Å². The van der Waals surface area contributed by atoms with Gasteiger partial charge in [0.25, 0.3) is 11.8 Å². The standard InChI is InChI=1S/C22H20N4O3/c23-21(28)16-10-4-6-12-18(16)24-14-20(27)26-19-13-7-5-11-17(19)22(29)25-15-8-2-1-3-9-15/h1-13,24H,14H2,(H2,23,28)(H,25,29)(H,26,27). The average Bonchev–Trinajstić information content (AvgIpc) is 2.73. The molecule has 0 heterocycles. The molecule has 0 radical (unpaired) electrons. The number of amides is 3. The van der Waals surface area contributed by atoms with Crippen LogP contribution in [0, 0.1) is 0 Å². The van der Waals surface area contributed by atoms with Gasteiger partial charge < -0.3 is 21.7 Å². The van der Waals surface area contributed by atoms with Crippen LogP contribution in [0.4, 0.5) is 17.1 Å². The first-order valence-corrected chi connectivity index (χ1v) is 8.92. The second-order valence-electron chi connectivity index (χ2n) is 6.18. The second kappa shape index (κ2) is 9.18. The molecule has 29 heavy (non-hydrogen) atoms. The third kappa shape index (κ3) is 5.20. The van der Waals surface area contributed by atoms with Crippen LogP contribution in [-0.2, 0) is 4.79 Å². The van der Waals surface area contributed by atoms with Crippen LogP contribution < -0.4 is 21.7 Å². The second-order valence-corrected chi connectivity index (χ2v) is 6.18. The Hall–Kier alpha value is -4.13. The number of hydrogen-bond acceptors (Lipinski definition) is 4. The molecule has 7 heteroatoms. The fraction of sp³-hybridized carbons (Fsp3) is 0.0455. The van der Waals surface area contributed by atoms with Crippen LogP contribution in [0.15, 0.2) is 78.9 Å². The van der Waals surface area contributed by atoms with Crippen molar-refractivity contribution in [3.63, 3.8) is 0 Å². The van der Waals surface area contributed by atoms with Gasteiger partial charge in [-0.3, -0.25) is 14.4 Å². The average molecular weight is 388 g/mol. The largest absolute Gasteiger partial charge is 0.376 e. The predicted molar refractivity (Wildman–Crippen MR) is 113 cm³/mol. The molecular formula is C22H20N4O3. The zero-order valence-electron chi connectivity index (χ0n) is 15.5. The molecule has 0 aliphatic heterocycles. The van der Waals surface area contributed by atoms with Crippen LogP contribution in [0.1, 0.15) is 20.7 Å². The van der Waals surface area contributed by atoms with E-state index < -0.39 is 5.91 Å². The van der Waals surface area contributed by atoms with Gasteiger partial charge in [-0.1, -0.05) is 42.5 Å². The Bertz CT molecular complexity index is 1030. The topological polar surface area (TPSA) is 113 Å². The Balaban J connectivity index is 1.67. The van der Waals surface area contributed by atoms with E-state index in [2.05, 4.69) is 16.0 Å². The van der Waals surface area contributed by atoms with Gasteiger partial charge in [-0.05, 0) is 36.4 Å². The van der Waals surface area contributed by atoms with Crippen molar-refractivity contribution in [2.75, 3.05) is 22.5 Å². The van der Waals surface area contributed by atoms with Crippen LogP contribution in [0.3, 0.4) is 0 Å². The van der Waals surface area contributed by atoms with Gasteiger partial charge in [0, 0.05) is 11.4 Å². The van der Waals surface area contributed by atoms with Crippen LogP contribution >= 0.6 is 0 Å². The third-order valence-corrected chi connectivity index (χ3v) is 4.11. The summed E-state index contributed by atoms with van der Waals surface area (Å²) in [6.45, 7) is -0.0983. The number of hydrogen-bond donors (Lipinski definition) is 4. The monoisotopic (exact) mass is 388 g/mol. The number of nitrogens with one attached hydrogen (secondary N) is 3. The molecule has 0 unspecified atom stereocenters. The molecule has 0 aliphatic carbocycles. The molecule has 146 valence electrons. The van der Waals surface area contributed by atoms with E-state index in [0.29, 0.717) is 28.2 Å². The summed E-state index contributed by atoms with van der Waals surface area (Å²) in [4.78, 5) is 36.4. The van der Waals surface area contributed by atoms with Gasteiger partial charge in [0.05, 0.1) is 23.4 Å². The van der Waals surface area contributed by atoms with Crippen molar-refractivity contribution in [2.24, 2.45) is 5.73 Å². The Kier molecular flexibility index (Phi) is 6.22. The van der Waals surface area contributed by atoms with E-state index in [1.807, 2.05) is 18.2 Å². The van der Waals surface area contributed by atoms with Gasteiger partial charge in [0.15, 0.2) is 0 Å². The Morgan fingerprint density at radius 3 is 1.97 bits per heavy atom. The lowest BCUT2D eigenvalue weighted by molar-refractivity contribution is -0.114. The van der Waals surface area contributed by atoms with E-state index >= 15 is 0 Å². The first kappa shape index (κ1) is 19.6. The molecule has 0 aliphatic rings. The SMILES string of the molecule is NC(=O)c1ccccc1NCC(=O)Nc1ccccc1C(=O)Nc1ccccc1. The van der Waals surface area contributed by atoms with E-state index in [4.69, 9.17) is 5.73 Å². The maximum atomic E-state index is 12.6. The quantitative estimate of drug-likeness (QED) is 0.498. The molecule has 0 saturated heterocycles. The molecule has 0 spiro atoms. The highest BCUT2D eigenvalue weighted by atomic mass is 16.2. The number of rotatable bonds is 7. The first-order valence-electron chi connectivity index (χ1n) is 8.92. The van der Waals surface area contributed by atoms with Gasteiger partial charge in [-0.25, -0.2) is 0 Å². The van der Waals surface area contributed by atoms with Crippen LogP contribution in [-0.4, -0.2) is 24.3 Å². The fourth-order valence-corrected chi connectivity index (χ4v) is 2.73. The van der Waals surface area contributed by atoms with Crippen LogP contribution in [0.5, 0.6) is 0 Å². The molecule has 5 N–H and O–H groups in total. The Labute approximate surface area is 167 Å². The van der Waals surface area contributed by atoms with Crippen molar-refractivity contribution in [2.45, 2.75) is 0 Å². The lowest BCUT2D eigenvalue weighted by Crippen LogP contribution is -2.25. The fourth-order valence-electron chi connectivity index (χ4n) is 2.73. The van der Waals surface area contributed by atoms with Gasteiger partial charge in [0.2, 0.25) is 5.91 Å². The molecule has 7 nitrogen and oxygen atoms in total. The summed E-state index contributed by atoms with van der Waals surface area (Å²) >= 11 is 0. The highest BCUT2D eigenvalue weighted by molar-refractivity contribution is 6.10.